The minimum absolute atomic E-state index is 0.432. The van der Waals surface area contributed by atoms with Crippen LogP contribution in [0.15, 0.2) is 91.0 Å². The second-order valence-electron chi connectivity index (χ2n) is 10.1. The molecule has 46 heavy (non-hydrogen) atoms. The molecule has 0 aliphatic carbocycles. The van der Waals surface area contributed by atoms with Crippen LogP contribution in [0.3, 0.4) is 0 Å². The topological polar surface area (TPSA) is 73.8 Å². The molecule has 3 aromatic rings. The Hall–Kier alpha value is -1.72. The van der Waals surface area contributed by atoms with Crippen LogP contribution in [0.2, 0.25) is 18.6 Å². The van der Waals surface area contributed by atoms with Gasteiger partial charge in [-0.1, -0.05) is 91.0 Å². The lowest BCUT2D eigenvalue weighted by atomic mass is 10.2. The van der Waals surface area contributed by atoms with Gasteiger partial charge in [-0.25, -0.2) is 0 Å². The molecule has 0 saturated carbocycles. The van der Waals surface area contributed by atoms with Crippen molar-refractivity contribution < 1.29 is 35.4 Å². The van der Waals surface area contributed by atoms with Crippen molar-refractivity contribution in [1.82, 2.24) is 0 Å². The zero-order valence-electron chi connectivity index (χ0n) is 29.0. The van der Waals surface area contributed by atoms with Gasteiger partial charge in [-0.3, -0.25) is 0 Å². The van der Waals surface area contributed by atoms with Crippen LogP contribution in [-0.4, -0.2) is 87.4 Å². The first-order chi connectivity index (χ1) is 22.2. The number of alkyl halides is 1. The highest BCUT2D eigenvalue weighted by atomic mass is 35.5. The summed E-state index contributed by atoms with van der Waals surface area (Å²) in [5.41, 5.74) is 2.63. The van der Waals surface area contributed by atoms with Crippen LogP contribution in [0, 0.1) is 0 Å². The monoisotopic (exact) mass is 710 g/mol. The van der Waals surface area contributed by atoms with Gasteiger partial charge in [0.25, 0.3) is 0 Å². The lowest BCUT2D eigenvalue weighted by Gasteiger charge is -2.28. The molecule has 0 bridgehead atoms. The van der Waals surface area contributed by atoms with Crippen molar-refractivity contribution in [2.45, 2.75) is 45.3 Å². The number of hydrogen-bond acceptors (Lipinski definition) is 8. The van der Waals surface area contributed by atoms with Gasteiger partial charge < -0.3 is 35.4 Å². The second kappa shape index (κ2) is 24.4. The summed E-state index contributed by atoms with van der Waals surface area (Å²) in [6, 6.07) is 32.4. The van der Waals surface area contributed by atoms with E-state index in [0.29, 0.717) is 25.7 Å². The normalized spacial score (nSPS) is 11.7. The maximum atomic E-state index is 5.81. The van der Waals surface area contributed by atoms with Gasteiger partial charge in [-0.2, -0.15) is 0 Å². The molecule has 258 valence electrons. The molecule has 0 unspecified atom stereocenters. The van der Waals surface area contributed by atoms with E-state index in [1.165, 1.54) is 11.1 Å². The molecular formula is C34H55ClO8Si3. The fourth-order valence-corrected chi connectivity index (χ4v) is 10.1. The third-order valence-corrected chi connectivity index (χ3v) is 16.0. The maximum absolute atomic E-state index is 5.81. The number of halogens is 1. The molecule has 12 heteroatoms. The van der Waals surface area contributed by atoms with Gasteiger partial charge in [0.2, 0.25) is 0 Å². The number of aryl methyl sites for hydroxylation is 2. The molecule has 0 spiro atoms. The van der Waals surface area contributed by atoms with Gasteiger partial charge in [0.1, 0.15) is 0 Å². The van der Waals surface area contributed by atoms with Crippen molar-refractivity contribution >= 4 is 43.0 Å². The molecule has 0 atom stereocenters. The van der Waals surface area contributed by atoms with E-state index in [1.807, 2.05) is 68.4 Å². The molecule has 0 N–H and O–H groups in total. The summed E-state index contributed by atoms with van der Waals surface area (Å²) in [7, 11) is 1.35. The van der Waals surface area contributed by atoms with Crippen molar-refractivity contribution in [2.75, 3.05) is 61.2 Å². The first kappa shape index (κ1) is 42.3. The lowest BCUT2D eigenvalue weighted by Crippen LogP contribution is -2.57. The van der Waals surface area contributed by atoms with Gasteiger partial charge in [0.05, 0.1) is 6.61 Å². The average molecular weight is 712 g/mol. The highest BCUT2D eigenvalue weighted by Gasteiger charge is 2.43. The Labute approximate surface area is 286 Å². The highest BCUT2D eigenvalue weighted by molar-refractivity contribution is 6.75. The minimum Gasteiger partial charge on any atom is -0.398 e. The van der Waals surface area contributed by atoms with Crippen LogP contribution in [0.5, 0.6) is 0 Å². The Bertz CT molecular complexity index is 1110. The first-order valence-electron chi connectivity index (χ1n) is 15.6. The summed E-state index contributed by atoms with van der Waals surface area (Å²) < 4.78 is 44.3. The largest absolute Gasteiger partial charge is 0.537 e. The van der Waals surface area contributed by atoms with Gasteiger partial charge in [-0.05, 0) is 50.4 Å². The zero-order chi connectivity index (χ0) is 34.2. The zero-order valence-corrected chi connectivity index (χ0v) is 32.7. The molecule has 3 rings (SSSR count). The number of rotatable bonds is 19. The Kier molecular flexibility index (Phi) is 22.5. The Morgan fingerprint density at radius 1 is 0.543 bits per heavy atom. The van der Waals surface area contributed by atoms with Gasteiger partial charge in [-0.15, -0.1) is 11.6 Å². The fraction of sp³-hybridized carbons (Fsp3) is 0.471. The molecular weight excluding hydrogens is 656 g/mol. The van der Waals surface area contributed by atoms with E-state index in [4.69, 9.17) is 47.0 Å². The molecule has 0 aliphatic heterocycles. The predicted molar refractivity (Wildman–Crippen MR) is 194 cm³/mol. The fourth-order valence-electron chi connectivity index (χ4n) is 4.37. The van der Waals surface area contributed by atoms with Gasteiger partial charge in [0, 0.05) is 65.9 Å². The predicted octanol–water partition coefficient (Wildman–Crippen LogP) is 6.86. The summed E-state index contributed by atoms with van der Waals surface area (Å²) in [4.78, 5) is 0. The second-order valence-corrected chi connectivity index (χ2v) is 19.7. The van der Waals surface area contributed by atoms with E-state index < -0.39 is 26.2 Å². The van der Waals surface area contributed by atoms with E-state index in [9.17, 15) is 0 Å². The number of hydrogen-bond donors (Lipinski definition) is 0. The summed E-state index contributed by atoms with van der Waals surface area (Å²) in [5, 5.41) is 0.980. The molecule has 0 aliphatic rings. The SMILES string of the molecule is CCO[Si](OCC)(OCCCl)c1ccccc1.CO[Si](C)(CCc1ccccc1)OC.CO[Si](CCc1ccccc1)(OC)OC. The van der Waals surface area contributed by atoms with Crippen LogP contribution < -0.4 is 5.19 Å². The molecule has 3 aromatic carbocycles. The average Bonchev–Trinajstić information content (AvgIpc) is 3.12. The summed E-state index contributed by atoms with van der Waals surface area (Å²) in [6.45, 7) is 7.52. The van der Waals surface area contributed by atoms with E-state index in [2.05, 4.69) is 42.9 Å². The van der Waals surface area contributed by atoms with Crippen LogP contribution in [0.25, 0.3) is 0 Å². The highest BCUT2D eigenvalue weighted by Crippen LogP contribution is 2.17. The molecule has 0 heterocycles. The molecule has 8 nitrogen and oxygen atoms in total. The molecule has 0 amide bonds. The summed E-state index contributed by atoms with van der Waals surface area (Å²) in [6.07, 6.45) is 1.95. The number of benzene rings is 3. The summed E-state index contributed by atoms with van der Waals surface area (Å²) in [5.74, 6) is 0.432. The Morgan fingerprint density at radius 3 is 1.33 bits per heavy atom. The minimum atomic E-state index is -2.78. The molecule has 0 aromatic heterocycles. The quantitative estimate of drug-likeness (QED) is 0.0988. The lowest BCUT2D eigenvalue weighted by molar-refractivity contribution is 0.0865. The van der Waals surface area contributed by atoms with Crippen molar-refractivity contribution in [2.24, 2.45) is 0 Å². The third kappa shape index (κ3) is 15.5. The third-order valence-electron chi connectivity index (χ3n) is 7.24. The van der Waals surface area contributed by atoms with Crippen LogP contribution in [0.4, 0.5) is 0 Å². The van der Waals surface area contributed by atoms with Crippen molar-refractivity contribution in [3.63, 3.8) is 0 Å². The maximum Gasteiger partial charge on any atom is 0.537 e. The molecule has 0 fully saturated rings. The van der Waals surface area contributed by atoms with Crippen molar-refractivity contribution in [1.29, 1.82) is 0 Å². The van der Waals surface area contributed by atoms with E-state index >= 15 is 0 Å². The first-order valence-corrected chi connectivity index (χ1v) is 22.3. The van der Waals surface area contributed by atoms with Crippen molar-refractivity contribution in [3.8, 4) is 0 Å². The molecule has 0 saturated heterocycles. The van der Waals surface area contributed by atoms with Crippen LogP contribution in [0.1, 0.15) is 25.0 Å². The smallest absolute Gasteiger partial charge is 0.398 e. The van der Waals surface area contributed by atoms with Crippen molar-refractivity contribution in [3.05, 3.63) is 102 Å². The van der Waals surface area contributed by atoms with Crippen LogP contribution >= 0.6 is 11.6 Å². The van der Waals surface area contributed by atoms with E-state index in [-0.39, 0.29) is 0 Å². The van der Waals surface area contributed by atoms with Crippen LogP contribution in [-0.2, 0) is 48.2 Å². The van der Waals surface area contributed by atoms with Gasteiger partial charge in [0.15, 0.2) is 0 Å². The standard InChI is InChI=1S/C12H19ClO3Si.C11H18O3Si.C11H18O2Si/c1-3-14-17(15-4-2,16-11-10-13)12-8-6-5-7-9-12;1-12-15(13-2,14-3)10-9-11-7-5-4-6-8-11;1-12-14(3,13-2)10-9-11-7-5-4-6-8-11/h5-9H,3-4,10-11H2,1-2H3;4-8H,9-10H2,1-3H3;4-8H,9-10H2,1-3H3. The Balaban J connectivity index is 0.000000347. The molecule has 0 radical (unpaired) electrons. The van der Waals surface area contributed by atoms with E-state index in [0.717, 1.165) is 30.1 Å². The summed E-state index contributed by atoms with van der Waals surface area (Å²) >= 11 is 5.68. The van der Waals surface area contributed by atoms with E-state index in [1.54, 1.807) is 35.5 Å². The van der Waals surface area contributed by atoms with Gasteiger partial charge >= 0.3 is 26.2 Å². The Morgan fingerprint density at radius 2 is 0.957 bits per heavy atom.